The van der Waals surface area contributed by atoms with Gasteiger partial charge < -0.3 is 20.3 Å². The van der Waals surface area contributed by atoms with Gasteiger partial charge in [0.05, 0.1) is 24.4 Å². The van der Waals surface area contributed by atoms with Crippen molar-refractivity contribution in [1.82, 2.24) is 9.88 Å². The Morgan fingerprint density at radius 1 is 1.12 bits per heavy atom. The third-order valence-electron chi connectivity index (χ3n) is 7.33. The Labute approximate surface area is 201 Å². The molecule has 3 aromatic rings. The summed E-state index contributed by atoms with van der Waals surface area (Å²) >= 11 is 0. The van der Waals surface area contributed by atoms with E-state index in [2.05, 4.69) is 52.9 Å². The summed E-state index contributed by atoms with van der Waals surface area (Å²) in [5.41, 5.74) is 12.1. The van der Waals surface area contributed by atoms with E-state index < -0.39 is 0 Å². The molecule has 1 unspecified atom stereocenters. The Balaban J connectivity index is 1.57. The Bertz CT molecular complexity index is 1200. The Kier molecular flexibility index (Phi) is 6.42. The Hall–Kier alpha value is -3.12. The Morgan fingerprint density at radius 2 is 1.94 bits per heavy atom. The van der Waals surface area contributed by atoms with Crippen molar-refractivity contribution < 1.29 is 9.53 Å². The quantitative estimate of drug-likeness (QED) is 0.593. The van der Waals surface area contributed by atoms with Crippen LogP contribution in [0, 0.1) is 6.92 Å². The van der Waals surface area contributed by atoms with Gasteiger partial charge in [0, 0.05) is 36.6 Å². The van der Waals surface area contributed by atoms with E-state index in [9.17, 15) is 4.79 Å². The summed E-state index contributed by atoms with van der Waals surface area (Å²) in [4.78, 5) is 22.8. The van der Waals surface area contributed by atoms with Gasteiger partial charge in [-0.25, -0.2) is 4.98 Å². The van der Waals surface area contributed by atoms with Crippen LogP contribution in [-0.4, -0.2) is 54.7 Å². The number of nitrogens with zero attached hydrogens (tertiary/aromatic N) is 3. The molecule has 2 aromatic carbocycles. The highest BCUT2D eigenvalue weighted by Crippen LogP contribution is 2.34. The summed E-state index contributed by atoms with van der Waals surface area (Å²) in [5, 5.41) is 1.03. The maximum absolute atomic E-state index is 13.8. The van der Waals surface area contributed by atoms with Crippen LogP contribution in [0.25, 0.3) is 22.0 Å². The number of likely N-dealkylation sites (tertiary alicyclic amines) is 1. The molecule has 6 nitrogen and oxygen atoms in total. The molecule has 1 aromatic heterocycles. The molecule has 0 radical (unpaired) electrons. The number of aromatic nitrogens is 1. The molecule has 0 aliphatic carbocycles. The second kappa shape index (κ2) is 9.63. The number of anilines is 2. The van der Waals surface area contributed by atoms with Crippen molar-refractivity contribution in [3.05, 3.63) is 53.6 Å². The van der Waals surface area contributed by atoms with Gasteiger partial charge in [-0.15, -0.1) is 0 Å². The molecule has 2 aliphatic rings. The van der Waals surface area contributed by atoms with Crippen LogP contribution in [0.1, 0.15) is 48.5 Å². The van der Waals surface area contributed by atoms with Gasteiger partial charge in [-0.1, -0.05) is 25.1 Å². The number of pyridine rings is 1. The zero-order valence-corrected chi connectivity index (χ0v) is 20.2. The predicted molar refractivity (Wildman–Crippen MR) is 138 cm³/mol. The number of carbonyl (C=O) groups excluding carboxylic acids is 1. The fourth-order valence-corrected chi connectivity index (χ4v) is 5.47. The number of ether oxygens (including phenoxy) is 1. The number of carbonyl (C=O) groups is 1. The molecule has 0 bridgehead atoms. The summed E-state index contributed by atoms with van der Waals surface area (Å²) in [7, 11) is 0. The van der Waals surface area contributed by atoms with Gasteiger partial charge in [0.25, 0.3) is 5.91 Å². The van der Waals surface area contributed by atoms with E-state index in [0.29, 0.717) is 25.1 Å². The highest BCUT2D eigenvalue weighted by Gasteiger charge is 2.28. The van der Waals surface area contributed by atoms with Crippen LogP contribution in [0.5, 0.6) is 0 Å². The fourth-order valence-electron chi connectivity index (χ4n) is 5.47. The standard InChI is InChI=1S/C28H34N4O2/c1-3-22-8-4-5-12-32(22)28(33)23-9-6-7-19(2)26(23)20-10-11-24-21(17-20)18-25(27(29)30-24)31-13-15-34-16-14-31/h6-7,9-11,17-18,22H,3-5,8,12-16H2,1-2H3,(H2,29,30). The number of benzene rings is 2. The number of hydrogen-bond acceptors (Lipinski definition) is 5. The maximum atomic E-state index is 13.8. The van der Waals surface area contributed by atoms with E-state index in [1.54, 1.807) is 0 Å². The normalized spacial score (nSPS) is 18.9. The van der Waals surface area contributed by atoms with Crippen molar-refractivity contribution in [2.75, 3.05) is 43.5 Å². The van der Waals surface area contributed by atoms with E-state index in [-0.39, 0.29) is 5.91 Å². The average molecular weight is 459 g/mol. The number of piperidine rings is 1. The lowest BCUT2D eigenvalue weighted by molar-refractivity contribution is 0.0608. The smallest absolute Gasteiger partial charge is 0.254 e. The topological polar surface area (TPSA) is 71.7 Å². The molecule has 34 heavy (non-hydrogen) atoms. The molecular weight excluding hydrogens is 424 g/mol. The summed E-state index contributed by atoms with van der Waals surface area (Å²) in [6.07, 6.45) is 4.38. The second-order valence-electron chi connectivity index (χ2n) is 9.45. The van der Waals surface area contributed by atoms with E-state index in [1.165, 1.54) is 6.42 Å². The van der Waals surface area contributed by atoms with Crippen LogP contribution in [0.15, 0.2) is 42.5 Å². The lowest BCUT2D eigenvalue weighted by Gasteiger charge is -2.36. The molecule has 3 heterocycles. The summed E-state index contributed by atoms with van der Waals surface area (Å²) in [6, 6.07) is 14.8. The van der Waals surface area contributed by atoms with Crippen LogP contribution < -0.4 is 10.6 Å². The van der Waals surface area contributed by atoms with Gasteiger partial charge >= 0.3 is 0 Å². The first-order valence-electron chi connectivity index (χ1n) is 12.5. The van der Waals surface area contributed by atoms with E-state index in [0.717, 1.165) is 77.7 Å². The minimum absolute atomic E-state index is 0.148. The van der Waals surface area contributed by atoms with Crippen molar-refractivity contribution in [2.45, 2.75) is 45.6 Å². The minimum atomic E-state index is 0.148. The first kappa shape index (κ1) is 22.7. The van der Waals surface area contributed by atoms with Crippen LogP contribution in [0.2, 0.25) is 0 Å². The summed E-state index contributed by atoms with van der Waals surface area (Å²) < 4.78 is 5.50. The maximum Gasteiger partial charge on any atom is 0.254 e. The number of morpholine rings is 1. The molecule has 1 atom stereocenters. The van der Waals surface area contributed by atoms with Crippen molar-refractivity contribution in [1.29, 1.82) is 0 Å². The molecule has 2 N–H and O–H groups in total. The third-order valence-corrected chi connectivity index (χ3v) is 7.33. The molecule has 0 spiro atoms. The summed E-state index contributed by atoms with van der Waals surface area (Å²) in [5.74, 6) is 0.694. The van der Waals surface area contributed by atoms with Gasteiger partial charge in [0.15, 0.2) is 0 Å². The van der Waals surface area contributed by atoms with Crippen LogP contribution in [0.4, 0.5) is 11.5 Å². The lowest BCUT2D eigenvalue weighted by Crippen LogP contribution is -2.43. The molecule has 2 fully saturated rings. The Morgan fingerprint density at radius 3 is 2.74 bits per heavy atom. The van der Waals surface area contributed by atoms with Gasteiger partial charge in [-0.2, -0.15) is 0 Å². The van der Waals surface area contributed by atoms with Crippen LogP contribution in [0.3, 0.4) is 0 Å². The van der Waals surface area contributed by atoms with Crippen molar-refractivity contribution in [2.24, 2.45) is 0 Å². The van der Waals surface area contributed by atoms with Crippen molar-refractivity contribution in [3.63, 3.8) is 0 Å². The molecule has 178 valence electrons. The highest BCUT2D eigenvalue weighted by atomic mass is 16.5. The molecule has 6 heteroatoms. The average Bonchev–Trinajstić information content (AvgIpc) is 2.88. The zero-order valence-electron chi connectivity index (χ0n) is 20.2. The number of rotatable bonds is 4. The van der Waals surface area contributed by atoms with Gasteiger partial charge in [-0.05, 0) is 73.6 Å². The monoisotopic (exact) mass is 458 g/mol. The zero-order chi connectivity index (χ0) is 23.7. The highest BCUT2D eigenvalue weighted by molar-refractivity contribution is 6.03. The fraction of sp³-hybridized carbons (Fsp3) is 0.429. The number of aryl methyl sites for hydroxylation is 1. The first-order valence-corrected chi connectivity index (χ1v) is 12.5. The molecule has 5 rings (SSSR count). The summed E-state index contributed by atoms with van der Waals surface area (Å²) in [6.45, 7) is 8.12. The SMILES string of the molecule is CCC1CCCCN1C(=O)c1cccc(C)c1-c1ccc2nc(N)c(N3CCOCC3)cc2c1. The number of nitrogen functional groups attached to an aromatic ring is 1. The molecule has 2 saturated heterocycles. The van der Waals surface area contributed by atoms with Gasteiger partial charge in [0.2, 0.25) is 0 Å². The lowest BCUT2D eigenvalue weighted by atomic mass is 9.91. The largest absolute Gasteiger partial charge is 0.382 e. The number of nitrogens with two attached hydrogens (primary N) is 1. The van der Waals surface area contributed by atoms with Gasteiger partial charge in [0.1, 0.15) is 5.82 Å². The number of amides is 1. The van der Waals surface area contributed by atoms with Crippen LogP contribution >= 0.6 is 0 Å². The molecule has 0 saturated carbocycles. The van der Waals surface area contributed by atoms with Crippen molar-refractivity contribution >= 4 is 28.3 Å². The predicted octanol–water partition coefficient (Wildman–Crippen LogP) is 5.03. The van der Waals surface area contributed by atoms with Gasteiger partial charge in [-0.3, -0.25) is 4.79 Å². The first-order chi connectivity index (χ1) is 16.6. The van der Waals surface area contributed by atoms with E-state index >= 15 is 0 Å². The third kappa shape index (κ3) is 4.23. The van der Waals surface area contributed by atoms with E-state index in [4.69, 9.17) is 10.5 Å². The minimum Gasteiger partial charge on any atom is -0.382 e. The van der Waals surface area contributed by atoms with Crippen LogP contribution in [-0.2, 0) is 4.74 Å². The number of fused-ring (bicyclic) bond motifs is 1. The van der Waals surface area contributed by atoms with Crippen molar-refractivity contribution in [3.8, 4) is 11.1 Å². The molecule has 2 aliphatic heterocycles. The molecule has 1 amide bonds. The molecular formula is C28H34N4O2. The second-order valence-corrected chi connectivity index (χ2v) is 9.45. The number of hydrogen-bond donors (Lipinski definition) is 1. The van der Waals surface area contributed by atoms with E-state index in [1.807, 2.05) is 18.2 Å².